The van der Waals surface area contributed by atoms with Gasteiger partial charge in [-0.15, -0.1) is 0 Å². The zero-order valence-electron chi connectivity index (χ0n) is 10.4. The summed E-state index contributed by atoms with van der Waals surface area (Å²) in [4.78, 5) is 16.2. The highest BCUT2D eigenvalue weighted by molar-refractivity contribution is 6.33. The number of aromatic nitrogens is 1. The Balaban J connectivity index is 2.07. The van der Waals surface area contributed by atoms with E-state index in [9.17, 15) is 9.90 Å². The third kappa shape index (κ3) is 3.45. The van der Waals surface area contributed by atoms with Crippen LogP contribution < -0.4 is 5.32 Å². The van der Waals surface area contributed by atoms with Crippen LogP contribution in [0, 0.1) is 6.92 Å². The molecule has 5 heteroatoms. The van der Waals surface area contributed by atoms with Crippen molar-refractivity contribution in [1.82, 2.24) is 10.3 Å². The molecule has 0 aliphatic carbocycles. The van der Waals surface area contributed by atoms with Crippen LogP contribution in [0.3, 0.4) is 0 Å². The number of aryl methyl sites for hydroxylation is 1. The average molecular weight is 277 g/mol. The van der Waals surface area contributed by atoms with E-state index in [1.54, 1.807) is 0 Å². The first-order valence-corrected chi connectivity index (χ1v) is 6.13. The van der Waals surface area contributed by atoms with E-state index in [2.05, 4.69) is 10.3 Å². The number of carbonyl (C=O) groups excluding carboxylic acids is 1. The van der Waals surface area contributed by atoms with Crippen LogP contribution in [0.5, 0.6) is 5.75 Å². The molecule has 0 radical (unpaired) electrons. The van der Waals surface area contributed by atoms with Crippen molar-refractivity contribution in [2.24, 2.45) is 0 Å². The molecule has 4 nitrogen and oxygen atoms in total. The molecule has 1 heterocycles. The zero-order chi connectivity index (χ0) is 13.8. The SMILES string of the molecule is Cc1cccc(CNC(=O)c2cc(O)ccc2Cl)n1. The van der Waals surface area contributed by atoms with Gasteiger partial charge in [-0.05, 0) is 37.3 Å². The van der Waals surface area contributed by atoms with Crippen molar-refractivity contribution in [2.75, 3.05) is 0 Å². The number of halogens is 1. The largest absolute Gasteiger partial charge is 0.508 e. The lowest BCUT2D eigenvalue weighted by molar-refractivity contribution is 0.0950. The molecule has 0 unspecified atom stereocenters. The molecular weight excluding hydrogens is 264 g/mol. The number of nitrogens with zero attached hydrogens (tertiary/aromatic N) is 1. The van der Waals surface area contributed by atoms with Crippen LogP contribution in [-0.4, -0.2) is 16.0 Å². The van der Waals surface area contributed by atoms with Crippen molar-refractivity contribution in [2.45, 2.75) is 13.5 Å². The monoisotopic (exact) mass is 276 g/mol. The maximum absolute atomic E-state index is 11.9. The highest BCUT2D eigenvalue weighted by atomic mass is 35.5. The Kier molecular flexibility index (Phi) is 4.02. The fourth-order valence-electron chi connectivity index (χ4n) is 1.65. The summed E-state index contributed by atoms with van der Waals surface area (Å²) in [5.41, 5.74) is 1.90. The van der Waals surface area contributed by atoms with Gasteiger partial charge in [-0.3, -0.25) is 9.78 Å². The van der Waals surface area contributed by atoms with Crippen LogP contribution in [0.1, 0.15) is 21.7 Å². The first-order chi connectivity index (χ1) is 9.06. The van der Waals surface area contributed by atoms with Crippen LogP contribution in [-0.2, 0) is 6.54 Å². The number of pyridine rings is 1. The first-order valence-electron chi connectivity index (χ1n) is 5.75. The highest BCUT2D eigenvalue weighted by Crippen LogP contribution is 2.20. The molecule has 0 aliphatic rings. The summed E-state index contributed by atoms with van der Waals surface area (Å²) in [7, 11) is 0. The predicted octanol–water partition coefficient (Wildman–Crippen LogP) is 2.68. The minimum Gasteiger partial charge on any atom is -0.508 e. The number of carbonyl (C=O) groups is 1. The second-order valence-corrected chi connectivity index (χ2v) is 4.52. The number of hydrogen-bond donors (Lipinski definition) is 2. The third-order valence-corrected chi connectivity index (χ3v) is 2.90. The topological polar surface area (TPSA) is 62.2 Å². The number of aromatic hydroxyl groups is 1. The van der Waals surface area contributed by atoms with E-state index < -0.39 is 0 Å². The van der Waals surface area contributed by atoms with Crippen molar-refractivity contribution in [3.05, 3.63) is 58.4 Å². The minimum absolute atomic E-state index is 0.00299. The molecule has 0 atom stereocenters. The maximum atomic E-state index is 11.9. The quantitative estimate of drug-likeness (QED) is 0.906. The summed E-state index contributed by atoms with van der Waals surface area (Å²) in [5.74, 6) is -0.340. The summed E-state index contributed by atoms with van der Waals surface area (Å²) in [6.07, 6.45) is 0. The van der Waals surface area contributed by atoms with Gasteiger partial charge in [-0.2, -0.15) is 0 Å². The van der Waals surface area contributed by atoms with Gasteiger partial charge in [-0.1, -0.05) is 17.7 Å². The fourth-order valence-corrected chi connectivity index (χ4v) is 1.85. The molecule has 0 bridgehead atoms. The lowest BCUT2D eigenvalue weighted by atomic mass is 10.2. The molecule has 2 aromatic rings. The summed E-state index contributed by atoms with van der Waals surface area (Å²) in [6.45, 7) is 2.20. The number of nitrogens with one attached hydrogen (secondary N) is 1. The van der Waals surface area contributed by atoms with Crippen molar-refractivity contribution in [3.8, 4) is 5.75 Å². The van der Waals surface area contributed by atoms with Crippen LogP contribution in [0.2, 0.25) is 5.02 Å². The Morgan fingerprint density at radius 2 is 2.16 bits per heavy atom. The van der Waals surface area contributed by atoms with E-state index in [-0.39, 0.29) is 17.2 Å². The van der Waals surface area contributed by atoms with Gasteiger partial charge in [0.25, 0.3) is 5.91 Å². The molecule has 19 heavy (non-hydrogen) atoms. The highest BCUT2D eigenvalue weighted by Gasteiger charge is 2.11. The second-order valence-electron chi connectivity index (χ2n) is 4.12. The van der Waals surface area contributed by atoms with Gasteiger partial charge in [0.2, 0.25) is 0 Å². The van der Waals surface area contributed by atoms with Gasteiger partial charge in [0.15, 0.2) is 0 Å². The minimum atomic E-state index is -0.343. The molecule has 1 amide bonds. The molecule has 0 saturated heterocycles. The van der Waals surface area contributed by atoms with Gasteiger partial charge >= 0.3 is 0 Å². The van der Waals surface area contributed by atoms with Gasteiger partial charge in [0.05, 0.1) is 22.8 Å². The van der Waals surface area contributed by atoms with Gasteiger partial charge in [0, 0.05) is 5.69 Å². The van der Waals surface area contributed by atoms with Gasteiger partial charge in [-0.25, -0.2) is 0 Å². The normalized spacial score (nSPS) is 10.2. The number of phenols is 1. The number of amides is 1. The molecule has 1 aromatic heterocycles. The van der Waals surface area contributed by atoms with Crippen LogP contribution in [0.15, 0.2) is 36.4 Å². The van der Waals surface area contributed by atoms with E-state index in [0.29, 0.717) is 11.6 Å². The Hall–Kier alpha value is -2.07. The molecule has 0 aliphatic heterocycles. The van der Waals surface area contributed by atoms with Crippen molar-refractivity contribution in [1.29, 1.82) is 0 Å². The zero-order valence-corrected chi connectivity index (χ0v) is 11.1. The summed E-state index contributed by atoms with van der Waals surface area (Å²) < 4.78 is 0. The molecule has 0 saturated carbocycles. The second kappa shape index (κ2) is 5.71. The number of benzene rings is 1. The van der Waals surface area contributed by atoms with Crippen molar-refractivity contribution < 1.29 is 9.90 Å². The molecule has 0 fully saturated rings. The van der Waals surface area contributed by atoms with E-state index in [1.807, 2.05) is 25.1 Å². The number of rotatable bonds is 3. The third-order valence-electron chi connectivity index (χ3n) is 2.57. The van der Waals surface area contributed by atoms with E-state index in [4.69, 9.17) is 11.6 Å². The Bertz CT molecular complexity index is 614. The fraction of sp³-hybridized carbons (Fsp3) is 0.143. The van der Waals surface area contributed by atoms with Crippen molar-refractivity contribution >= 4 is 17.5 Å². The molecule has 0 spiro atoms. The molecule has 98 valence electrons. The molecule has 2 rings (SSSR count). The number of hydrogen-bond acceptors (Lipinski definition) is 3. The van der Waals surface area contributed by atoms with Gasteiger partial charge < -0.3 is 10.4 Å². The van der Waals surface area contributed by atoms with E-state index in [0.717, 1.165) is 11.4 Å². The Morgan fingerprint density at radius 1 is 1.37 bits per heavy atom. The smallest absolute Gasteiger partial charge is 0.253 e. The van der Waals surface area contributed by atoms with E-state index >= 15 is 0 Å². The lowest BCUT2D eigenvalue weighted by Crippen LogP contribution is -2.23. The van der Waals surface area contributed by atoms with Crippen LogP contribution >= 0.6 is 11.6 Å². The van der Waals surface area contributed by atoms with Gasteiger partial charge in [0.1, 0.15) is 5.75 Å². The number of phenolic OH excluding ortho intramolecular Hbond substituents is 1. The van der Waals surface area contributed by atoms with Crippen LogP contribution in [0.25, 0.3) is 0 Å². The predicted molar refractivity (Wildman–Crippen MR) is 73.3 cm³/mol. The summed E-state index contributed by atoms with van der Waals surface area (Å²) in [5, 5.41) is 12.4. The van der Waals surface area contributed by atoms with Crippen LogP contribution in [0.4, 0.5) is 0 Å². The summed E-state index contributed by atoms with van der Waals surface area (Å²) >= 11 is 5.91. The molecule has 2 N–H and O–H groups in total. The first kappa shape index (κ1) is 13.4. The standard InChI is InChI=1S/C14H13ClN2O2/c1-9-3-2-4-10(17-9)8-16-14(19)12-7-11(18)5-6-13(12)15/h2-7,18H,8H2,1H3,(H,16,19). The molecular formula is C14H13ClN2O2. The van der Waals surface area contributed by atoms with Crippen molar-refractivity contribution in [3.63, 3.8) is 0 Å². The average Bonchev–Trinajstić information content (AvgIpc) is 2.39. The Labute approximate surface area is 116 Å². The van der Waals surface area contributed by atoms with E-state index in [1.165, 1.54) is 18.2 Å². The Morgan fingerprint density at radius 3 is 2.89 bits per heavy atom. The summed E-state index contributed by atoms with van der Waals surface area (Å²) in [6, 6.07) is 9.85. The lowest BCUT2D eigenvalue weighted by Gasteiger charge is -2.07. The molecule has 1 aromatic carbocycles. The maximum Gasteiger partial charge on any atom is 0.253 e.